The number of hydrogen-bond donors (Lipinski definition) is 3. The van der Waals surface area contributed by atoms with E-state index in [1.165, 1.54) is 26.1 Å². The van der Waals surface area contributed by atoms with Gasteiger partial charge < -0.3 is 20.3 Å². The molecule has 136 valence electrons. The topological polar surface area (TPSA) is 105 Å². The van der Waals surface area contributed by atoms with Gasteiger partial charge in [0.2, 0.25) is 0 Å². The van der Waals surface area contributed by atoms with Gasteiger partial charge in [-0.1, -0.05) is 12.8 Å². The largest absolute Gasteiger partial charge is 0.387 e. The van der Waals surface area contributed by atoms with Gasteiger partial charge in [-0.25, -0.2) is 15.0 Å². The second-order valence-corrected chi connectivity index (χ2v) is 7.33. The lowest BCUT2D eigenvalue weighted by Crippen LogP contribution is -2.43. The van der Waals surface area contributed by atoms with Gasteiger partial charge in [-0.05, 0) is 19.8 Å². The highest BCUT2D eigenvalue weighted by molar-refractivity contribution is 6.18. The molecule has 2 fully saturated rings. The van der Waals surface area contributed by atoms with Crippen LogP contribution in [0.25, 0.3) is 11.2 Å². The number of aliphatic hydroxyl groups is 2. The third-order valence-corrected chi connectivity index (χ3v) is 5.52. The molecule has 0 amide bonds. The lowest BCUT2D eigenvalue weighted by atomic mass is 9.97. The Morgan fingerprint density at radius 3 is 2.80 bits per heavy atom. The predicted octanol–water partition coefficient (Wildman–Crippen LogP) is 1.43. The molecule has 0 unspecified atom stereocenters. The van der Waals surface area contributed by atoms with E-state index in [2.05, 4.69) is 20.3 Å². The Bertz CT molecular complexity index is 761. The number of aromatic nitrogens is 4. The van der Waals surface area contributed by atoms with E-state index in [1.807, 2.05) is 0 Å². The van der Waals surface area contributed by atoms with Crippen molar-refractivity contribution in [1.29, 1.82) is 0 Å². The van der Waals surface area contributed by atoms with Crippen LogP contribution in [0.3, 0.4) is 0 Å². The smallest absolute Gasteiger partial charge is 0.168 e. The second kappa shape index (κ2) is 6.35. The summed E-state index contributed by atoms with van der Waals surface area (Å²) in [5, 5.41) is 24.4. The zero-order valence-electron chi connectivity index (χ0n) is 14.0. The number of imidazole rings is 1. The average molecular weight is 368 g/mol. The van der Waals surface area contributed by atoms with E-state index in [4.69, 9.17) is 16.3 Å². The number of rotatable bonds is 4. The Hall–Kier alpha value is -1.48. The first-order valence-electron chi connectivity index (χ1n) is 8.58. The van der Waals surface area contributed by atoms with E-state index < -0.39 is 24.0 Å². The number of halogens is 1. The van der Waals surface area contributed by atoms with Gasteiger partial charge in [0.15, 0.2) is 23.2 Å². The summed E-state index contributed by atoms with van der Waals surface area (Å²) < 4.78 is 7.41. The summed E-state index contributed by atoms with van der Waals surface area (Å²) in [4.78, 5) is 13.0. The highest BCUT2D eigenvalue weighted by Crippen LogP contribution is 2.40. The molecule has 0 bridgehead atoms. The van der Waals surface area contributed by atoms with Crippen LogP contribution in [0.5, 0.6) is 0 Å². The normalized spacial score (nSPS) is 33.4. The Kier molecular flexibility index (Phi) is 4.31. The summed E-state index contributed by atoms with van der Waals surface area (Å²) >= 11 is 5.84. The minimum atomic E-state index is -1.50. The van der Waals surface area contributed by atoms with Crippen LogP contribution in [0, 0.1) is 0 Å². The van der Waals surface area contributed by atoms with E-state index >= 15 is 0 Å². The van der Waals surface area contributed by atoms with E-state index in [1.54, 1.807) is 10.9 Å². The number of aliphatic hydroxyl groups excluding tert-OH is 1. The monoisotopic (exact) mass is 367 g/mol. The number of fused-ring (bicyclic) bond motifs is 1. The molecule has 4 atom stereocenters. The quantitative estimate of drug-likeness (QED) is 0.702. The van der Waals surface area contributed by atoms with Crippen molar-refractivity contribution in [2.45, 2.75) is 62.7 Å². The molecule has 9 heteroatoms. The fourth-order valence-corrected chi connectivity index (χ4v) is 4.00. The van der Waals surface area contributed by atoms with Gasteiger partial charge in [0.05, 0.1) is 12.2 Å². The van der Waals surface area contributed by atoms with Gasteiger partial charge >= 0.3 is 0 Å². The van der Waals surface area contributed by atoms with Gasteiger partial charge in [0, 0.05) is 6.04 Å². The van der Waals surface area contributed by atoms with Crippen molar-refractivity contribution < 1.29 is 14.9 Å². The third-order valence-electron chi connectivity index (χ3n) is 5.21. The Morgan fingerprint density at radius 2 is 2.12 bits per heavy atom. The van der Waals surface area contributed by atoms with Crippen molar-refractivity contribution >= 4 is 28.6 Å². The van der Waals surface area contributed by atoms with Crippen molar-refractivity contribution in [3.05, 3.63) is 12.7 Å². The van der Waals surface area contributed by atoms with Crippen LogP contribution in [0.4, 0.5) is 5.82 Å². The SMILES string of the molecule is C[C@@]1(O)[C@H](O)[C@@H](CCl)O[C@H]1n1cnc2c(NC3CCCC3)ncnc21. The van der Waals surface area contributed by atoms with Gasteiger partial charge in [-0.2, -0.15) is 0 Å². The molecule has 2 aromatic heterocycles. The van der Waals surface area contributed by atoms with E-state index in [-0.39, 0.29) is 5.88 Å². The Morgan fingerprint density at radius 1 is 1.36 bits per heavy atom. The van der Waals surface area contributed by atoms with Gasteiger partial charge in [-0.15, -0.1) is 11.6 Å². The molecule has 1 aliphatic carbocycles. The molecule has 2 aliphatic rings. The van der Waals surface area contributed by atoms with E-state index in [0.29, 0.717) is 23.0 Å². The number of nitrogens with zero attached hydrogens (tertiary/aromatic N) is 4. The fourth-order valence-electron chi connectivity index (χ4n) is 3.76. The van der Waals surface area contributed by atoms with Crippen molar-refractivity contribution in [2.75, 3.05) is 11.2 Å². The lowest BCUT2D eigenvalue weighted by Gasteiger charge is -2.27. The van der Waals surface area contributed by atoms with Crippen LogP contribution in [-0.2, 0) is 4.74 Å². The molecule has 1 saturated carbocycles. The minimum Gasteiger partial charge on any atom is -0.387 e. The molecule has 2 aromatic rings. The van der Waals surface area contributed by atoms with E-state index in [0.717, 1.165) is 12.8 Å². The molecule has 0 radical (unpaired) electrons. The molecule has 25 heavy (non-hydrogen) atoms. The van der Waals surface area contributed by atoms with Gasteiger partial charge in [0.25, 0.3) is 0 Å². The van der Waals surface area contributed by atoms with Crippen molar-refractivity contribution in [3.63, 3.8) is 0 Å². The molecule has 0 spiro atoms. The first-order chi connectivity index (χ1) is 12.0. The minimum absolute atomic E-state index is 0.0872. The zero-order chi connectivity index (χ0) is 17.6. The molecule has 4 rings (SSSR count). The van der Waals surface area contributed by atoms with Gasteiger partial charge in [0.1, 0.15) is 24.1 Å². The summed E-state index contributed by atoms with van der Waals surface area (Å²) in [6, 6.07) is 0.400. The molecular formula is C16H22ClN5O3. The molecular weight excluding hydrogens is 346 g/mol. The second-order valence-electron chi connectivity index (χ2n) is 7.02. The summed E-state index contributed by atoms with van der Waals surface area (Å²) in [7, 11) is 0. The standard InChI is InChI=1S/C16H22ClN5O3/c1-16(24)12(23)10(6-17)25-15(16)22-8-20-11-13(18-7-19-14(11)22)21-9-4-2-3-5-9/h7-10,12,15,23-24H,2-6H2,1H3,(H,18,19,21)/t10-,12-,15-,16-/m1/s1. The number of nitrogens with one attached hydrogen (secondary N) is 1. The lowest BCUT2D eigenvalue weighted by molar-refractivity contribution is -0.0935. The van der Waals surface area contributed by atoms with Crippen LogP contribution in [0.15, 0.2) is 12.7 Å². The maximum Gasteiger partial charge on any atom is 0.168 e. The molecule has 8 nitrogen and oxygen atoms in total. The van der Waals surface area contributed by atoms with Crippen LogP contribution in [0.2, 0.25) is 0 Å². The number of hydrogen-bond acceptors (Lipinski definition) is 7. The average Bonchev–Trinajstić information content (AvgIpc) is 3.29. The third kappa shape index (κ3) is 2.77. The molecule has 3 N–H and O–H groups in total. The van der Waals surface area contributed by atoms with Crippen molar-refractivity contribution in [3.8, 4) is 0 Å². The predicted molar refractivity (Wildman–Crippen MR) is 92.5 cm³/mol. The highest BCUT2D eigenvalue weighted by atomic mass is 35.5. The number of ether oxygens (including phenoxy) is 1. The Labute approximate surface area is 150 Å². The zero-order valence-corrected chi connectivity index (χ0v) is 14.7. The molecule has 0 aromatic carbocycles. The van der Waals surface area contributed by atoms with Gasteiger partial charge in [-0.3, -0.25) is 4.57 Å². The highest BCUT2D eigenvalue weighted by Gasteiger charge is 2.53. The molecule has 1 aliphatic heterocycles. The number of alkyl halides is 1. The van der Waals surface area contributed by atoms with Crippen molar-refractivity contribution in [1.82, 2.24) is 19.5 Å². The molecule has 1 saturated heterocycles. The first kappa shape index (κ1) is 17.0. The van der Waals surface area contributed by atoms with Crippen LogP contribution in [-0.4, -0.2) is 59.5 Å². The number of anilines is 1. The van der Waals surface area contributed by atoms with Crippen LogP contribution < -0.4 is 5.32 Å². The summed E-state index contributed by atoms with van der Waals surface area (Å²) in [5.74, 6) is 0.770. The summed E-state index contributed by atoms with van der Waals surface area (Å²) in [5.41, 5.74) is -0.335. The maximum absolute atomic E-state index is 10.7. The fraction of sp³-hybridized carbons (Fsp3) is 0.688. The summed E-state index contributed by atoms with van der Waals surface area (Å²) in [6.07, 6.45) is 5.13. The first-order valence-corrected chi connectivity index (χ1v) is 9.11. The van der Waals surface area contributed by atoms with Crippen molar-refractivity contribution in [2.24, 2.45) is 0 Å². The molecule has 3 heterocycles. The van der Waals surface area contributed by atoms with E-state index in [9.17, 15) is 10.2 Å². The Balaban J connectivity index is 1.69. The summed E-state index contributed by atoms with van der Waals surface area (Å²) in [6.45, 7) is 1.53. The van der Waals surface area contributed by atoms with Crippen LogP contribution >= 0.6 is 11.6 Å². The maximum atomic E-state index is 10.7. The van der Waals surface area contributed by atoms with Crippen LogP contribution in [0.1, 0.15) is 38.8 Å².